The Labute approximate surface area is 242 Å². The van der Waals surface area contributed by atoms with Crippen LogP contribution >= 0.6 is 0 Å². The van der Waals surface area contributed by atoms with Crippen LogP contribution in [0.4, 0.5) is 0 Å². The third kappa shape index (κ3) is 9.17. The minimum Gasteiger partial charge on any atom is -0.504 e. The highest BCUT2D eigenvalue weighted by Gasteiger charge is 2.31. The number of hydrogen-bond donors (Lipinski definition) is 3. The molecule has 1 aromatic heterocycles. The van der Waals surface area contributed by atoms with Gasteiger partial charge in [0, 0.05) is 25.6 Å². The number of carbonyl (C=O) groups is 1. The van der Waals surface area contributed by atoms with E-state index < -0.39 is 22.2 Å². The first kappa shape index (κ1) is 31.9. The number of nitrogens with zero attached hydrogens (tertiary/aromatic N) is 2. The number of aromatic nitrogens is 1. The molecule has 0 fully saturated rings. The van der Waals surface area contributed by atoms with Crippen molar-refractivity contribution < 1.29 is 32.9 Å². The van der Waals surface area contributed by atoms with E-state index in [1.54, 1.807) is 12.1 Å². The highest BCUT2D eigenvalue weighted by molar-refractivity contribution is 7.89. The number of ether oxygens (including phenoxy) is 2. The number of amides is 1. The van der Waals surface area contributed by atoms with Crippen molar-refractivity contribution in [1.82, 2.24) is 14.6 Å². The van der Waals surface area contributed by atoms with Crippen molar-refractivity contribution in [3.63, 3.8) is 0 Å². The summed E-state index contributed by atoms with van der Waals surface area (Å²) in [7, 11) is -1.10. The summed E-state index contributed by atoms with van der Waals surface area (Å²) >= 11 is 0. The predicted octanol–water partition coefficient (Wildman–Crippen LogP) is 3.17. The minimum absolute atomic E-state index is 0.0121. The standard InChI is InChI=1S/C30H39N3O7S/c1-21(2)19-33(41(37,38)24-12-15-30(40-4)31-18-24)20-27(35)25(16-22-8-6-5-7-9-22)32-29(36)14-11-23-10-13-26(34)28(17-23)39-3/h5-10,12-13,15,17-18,21,25,27,34-35H,11,14,16,19-20H2,1-4H3,(H,32,36)/t25-,27+/m0/s1. The summed E-state index contributed by atoms with van der Waals surface area (Å²) in [5.41, 5.74) is 1.69. The largest absolute Gasteiger partial charge is 0.504 e. The molecule has 0 saturated carbocycles. The molecule has 2 aromatic carbocycles. The number of carbonyl (C=O) groups excluding carboxylic acids is 1. The van der Waals surface area contributed by atoms with Gasteiger partial charge in [-0.25, -0.2) is 13.4 Å². The monoisotopic (exact) mass is 585 g/mol. The summed E-state index contributed by atoms with van der Waals surface area (Å²) in [4.78, 5) is 17.0. The third-order valence-corrected chi connectivity index (χ3v) is 8.32. The van der Waals surface area contributed by atoms with E-state index in [1.165, 1.54) is 42.9 Å². The topological polar surface area (TPSA) is 138 Å². The van der Waals surface area contributed by atoms with Crippen LogP contribution in [0.25, 0.3) is 0 Å². The van der Waals surface area contributed by atoms with E-state index in [1.807, 2.05) is 44.2 Å². The van der Waals surface area contributed by atoms with E-state index in [4.69, 9.17) is 9.47 Å². The number of nitrogens with one attached hydrogen (secondary N) is 1. The third-order valence-electron chi connectivity index (χ3n) is 6.51. The quantitative estimate of drug-likeness (QED) is 0.247. The van der Waals surface area contributed by atoms with E-state index in [-0.39, 0.29) is 47.9 Å². The Morgan fingerprint density at radius 3 is 2.34 bits per heavy atom. The average molecular weight is 586 g/mol. The maximum absolute atomic E-state index is 13.6. The first-order valence-electron chi connectivity index (χ1n) is 13.4. The van der Waals surface area contributed by atoms with E-state index in [2.05, 4.69) is 10.3 Å². The molecule has 10 nitrogen and oxygen atoms in total. The summed E-state index contributed by atoms with van der Waals surface area (Å²) in [6.07, 6.45) is 0.843. The van der Waals surface area contributed by atoms with Gasteiger partial charge in [0.2, 0.25) is 21.8 Å². The lowest BCUT2D eigenvalue weighted by Gasteiger charge is -2.30. The zero-order valence-corrected chi connectivity index (χ0v) is 24.7. The van der Waals surface area contributed by atoms with Crippen LogP contribution in [0.3, 0.4) is 0 Å². The molecule has 0 aliphatic heterocycles. The highest BCUT2D eigenvalue weighted by atomic mass is 32.2. The second-order valence-electron chi connectivity index (χ2n) is 10.2. The van der Waals surface area contributed by atoms with Crippen molar-refractivity contribution in [3.05, 3.63) is 78.0 Å². The second kappa shape index (κ2) is 14.8. The Balaban J connectivity index is 1.79. The number of aryl methyl sites for hydroxylation is 1. The molecule has 1 heterocycles. The van der Waals surface area contributed by atoms with Gasteiger partial charge in [0.15, 0.2) is 11.5 Å². The predicted molar refractivity (Wildman–Crippen MR) is 155 cm³/mol. The maximum Gasteiger partial charge on any atom is 0.244 e. The molecular weight excluding hydrogens is 546 g/mol. The fraction of sp³-hybridized carbons (Fsp3) is 0.400. The molecule has 0 saturated heterocycles. The lowest BCUT2D eigenvalue weighted by molar-refractivity contribution is -0.122. The molecule has 222 valence electrons. The number of methoxy groups -OCH3 is 2. The number of aliphatic hydroxyl groups excluding tert-OH is 1. The van der Waals surface area contributed by atoms with Crippen LogP contribution in [-0.4, -0.2) is 73.3 Å². The lowest BCUT2D eigenvalue weighted by atomic mass is 10.00. The van der Waals surface area contributed by atoms with Gasteiger partial charge in [-0.05, 0) is 48.1 Å². The van der Waals surface area contributed by atoms with Gasteiger partial charge in [0.1, 0.15) is 4.90 Å². The maximum atomic E-state index is 13.6. The molecule has 0 aliphatic carbocycles. The Morgan fingerprint density at radius 2 is 1.73 bits per heavy atom. The van der Waals surface area contributed by atoms with Gasteiger partial charge in [-0.1, -0.05) is 50.2 Å². The summed E-state index contributed by atoms with van der Waals surface area (Å²) < 4.78 is 38.5. The molecular formula is C30H39N3O7S. The van der Waals surface area contributed by atoms with Crippen LogP contribution < -0.4 is 14.8 Å². The first-order chi connectivity index (χ1) is 19.5. The molecule has 0 unspecified atom stereocenters. The van der Waals surface area contributed by atoms with E-state index in [0.29, 0.717) is 18.6 Å². The van der Waals surface area contributed by atoms with Crippen molar-refractivity contribution in [2.75, 3.05) is 27.3 Å². The van der Waals surface area contributed by atoms with E-state index in [9.17, 15) is 23.4 Å². The zero-order valence-electron chi connectivity index (χ0n) is 23.9. The number of pyridine rings is 1. The van der Waals surface area contributed by atoms with Crippen LogP contribution in [-0.2, 0) is 27.7 Å². The van der Waals surface area contributed by atoms with Gasteiger partial charge in [0.05, 0.1) is 32.6 Å². The number of aromatic hydroxyl groups is 1. The number of phenolic OH excluding ortho intramolecular Hbond substituents is 1. The number of sulfonamides is 1. The van der Waals surface area contributed by atoms with Gasteiger partial charge in [-0.15, -0.1) is 0 Å². The molecule has 0 aliphatic rings. The number of rotatable bonds is 15. The molecule has 1 amide bonds. The molecule has 3 N–H and O–H groups in total. The van der Waals surface area contributed by atoms with Crippen LogP contribution in [0.2, 0.25) is 0 Å². The first-order valence-corrected chi connectivity index (χ1v) is 14.8. The fourth-order valence-corrected chi connectivity index (χ4v) is 5.94. The fourth-order valence-electron chi connectivity index (χ4n) is 4.37. The van der Waals surface area contributed by atoms with Crippen LogP contribution in [0.5, 0.6) is 17.4 Å². The van der Waals surface area contributed by atoms with Crippen molar-refractivity contribution in [2.24, 2.45) is 5.92 Å². The number of benzene rings is 2. The molecule has 0 spiro atoms. The Hall–Kier alpha value is -3.67. The highest BCUT2D eigenvalue weighted by Crippen LogP contribution is 2.27. The number of aliphatic hydroxyl groups is 1. The molecule has 3 rings (SSSR count). The van der Waals surface area contributed by atoms with Crippen LogP contribution in [0.15, 0.2) is 71.8 Å². The minimum atomic E-state index is -4.00. The normalized spacial score (nSPS) is 13.1. The Kier molecular flexibility index (Phi) is 11.5. The Morgan fingerprint density at radius 1 is 1.00 bits per heavy atom. The molecule has 0 bridgehead atoms. The van der Waals surface area contributed by atoms with Crippen molar-refractivity contribution in [2.45, 2.75) is 50.2 Å². The van der Waals surface area contributed by atoms with Crippen molar-refractivity contribution in [3.8, 4) is 17.4 Å². The molecule has 0 radical (unpaired) electrons. The van der Waals surface area contributed by atoms with Crippen LogP contribution in [0, 0.1) is 5.92 Å². The summed E-state index contributed by atoms with van der Waals surface area (Å²) in [6.45, 7) is 3.73. The van der Waals surface area contributed by atoms with Crippen molar-refractivity contribution >= 4 is 15.9 Å². The molecule has 41 heavy (non-hydrogen) atoms. The van der Waals surface area contributed by atoms with Crippen LogP contribution in [0.1, 0.15) is 31.4 Å². The average Bonchev–Trinajstić information content (AvgIpc) is 2.96. The summed E-state index contributed by atoms with van der Waals surface area (Å²) in [5.74, 6) is 0.301. The smallest absolute Gasteiger partial charge is 0.244 e. The molecule has 3 aromatic rings. The zero-order chi connectivity index (χ0) is 30.0. The summed E-state index contributed by atoms with van der Waals surface area (Å²) in [5, 5.41) is 24.1. The van der Waals surface area contributed by atoms with E-state index in [0.717, 1.165) is 11.1 Å². The molecule has 2 atom stereocenters. The van der Waals surface area contributed by atoms with Gasteiger partial charge < -0.3 is 25.0 Å². The van der Waals surface area contributed by atoms with Gasteiger partial charge in [-0.2, -0.15) is 4.31 Å². The summed E-state index contributed by atoms with van der Waals surface area (Å²) in [6, 6.07) is 16.4. The number of hydrogen-bond acceptors (Lipinski definition) is 8. The molecule has 11 heteroatoms. The number of phenols is 1. The second-order valence-corrected chi connectivity index (χ2v) is 12.1. The van der Waals surface area contributed by atoms with Gasteiger partial charge in [-0.3, -0.25) is 4.79 Å². The van der Waals surface area contributed by atoms with E-state index >= 15 is 0 Å². The van der Waals surface area contributed by atoms with Gasteiger partial charge in [0.25, 0.3) is 0 Å². The van der Waals surface area contributed by atoms with Crippen molar-refractivity contribution in [1.29, 1.82) is 0 Å². The lowest BCUT2D eigenvalue weighted by Crippen LogP contribution is -2.51. The SMILES string of the molecule is COc1ccc(S(=O)(=O)N(CC(C)C)C[C@@H](O)[C@H](Cc2ccccc2)NC(=O)CCc2ccc(O)c(OC)c2)cn1. The van der Waals surface area contributed by atoms with Gasteiger partial charge >= 0.3 is 0 Å². The Bertz CT molecular complexity index is 1370.